The molecule has 0 rings (SSSR count). The highest BCUT2D eigenvalue weighted by molar-refractivity contribution is 7.47. The van der Waals surface area contributed by atoms with Crippen LogP contribution in [-0.4, -0.2) is 74.3 Å². The Bertz CT molecular complexity index is 1440. The van der Waals surface area contributed by atoms with E-state index in [1.54, 1.807) is 0 Å². The molecule has 0 aromatic heterocycles. The molecule has 0 fully saturated rings. The van der Waals surface area contributed by atoms with Crippen molar-refractivity contribution < 1.29 is 37.3 Å². The summed E-state index contributed by atoms with van der Waals surface area (Å²) < 4.78 is 30.6. The van der Waals surface area contributed by atoms with Crippen molar-refractivity contribution >= 4 is 19.7 Å². The van der Waals surface area contributed by atoms with Gasteiger partial charge in [-0.05, 0) is 96.0 Å². The number of esters is 1. The minimum absolute atomic E-state index is 0.0353. The van der Waals surface area contributed by atoms with Gasteiger partial charge in [0.25, 0.3) is 0 Å². The number of unbranched alkanes of at least 4 members (excludes halogenated alkanes) is 31. The lowest BCUT2D eigenvalue weighted by Gasteiger charge is -2.27. The normalized spacial score (nSPS) is 14.1. The fourth-order valence-electron chi connectivity index (χ4n) is 8.65. The molecule has 0 radical (unpaired) electrons. The number of hydrogen-bond acceptors (Lipinski definition) is 6. The molecule has 0 aromatic rings. The van der Waals surface area contributed by atoms with E-state index in [1.165, 1.54) is 148 Å². The fraction of sp³-hybridized carbons (Fsp3) is 0.810. The summed E-state index contributed by atoms with van der Waals surface area (Å²) in [6, 6.07) is -0.859. The topological polar surface area (TPSA) is 111 Å². The zero-order valence-electron chi connectivity index (χ0n) is 48.6. The zero-order chi connectivity index (χ0) is 53.6. The Hall–Kier alpha value is -2.29. The molecule has 2 N–H and O–H groups in total. The van der Waals surface area contributed by atoms with E-state index in [4.69, 9.17) is 13.8 Å². The predicted molar refractivity (Wildman–Crippen MR) is 314 cm³/mol. The molecule has 0 aliphatic rings. The molecule has 426 valence electrons. The number of rotatable bonds is 55. The van der Waals surface area contributed by atoms with Crippen LogP contribution in [0.3, 0.4) is 0 Å². The van der Waals surface area contributed by atoms with Crippen LogP contribution < -0.4 is 5.32 Å². The van der Waals surface area contributed by atoms with Crippen molar-refractivity contribution in [1.29, 1.82) is 0 Å². The van der Waals surface area contributed by atoms with Gasteiger partial charge in [-0.3, -0.25) is 18.6 Å². The van der Waals surface area contributed by atoms with Crippen LogP contribution in [0.5, 0.6) is 0 Å². The smallest absolute Gasteiger partial charge is 0.456 e. The maximum Gasteiger partial charge on any atom is 0.472 e. The highest BCUT2D eigenvalue weighted by Gasteiger charge is 2.30. The van der Waals surface area contributed by atoms with Crippen LogP contribution >= 0.6 is 7.82 Å². The molecule has 10 heteroatoms. The molecule has 73 heavy (non-hydrogen) atoms. The molecule has 0 aromatic carbocycles. The largest absolute Gasteiger partial charge is 0.472 e. The number of carbonyl (C=O) groups is 2. The van der Waals surface area contributed by atoms with Crippen LogP contribution in [-0.2, 0) is 27.9 Å². The Morgan fingerprint density at radius 3 is 1.30 bits per heavy atom. The molecule has 0 heterocycles. The number of nitrogens with zero attached hydrogens (tertiary/aromatic N) is 1. The highest BCUT2D eigenvalue weighted by atomic mass is 31.2. The lowest BCUT2D eigenvalue weighted by Crippen LogP contribution is -2.47. The summed E-state index contributed by atoms with van der Waals surface area (Å²) in [5.41, 5.74) is 0. The van der Waals surface area contributed by atoms with Crippen molar-refractivity contribution in [3.8, 4) is 0 Å². The quantitative estimate of drug-likeness (QED) is 0.0205. The molecule has 3 unspecified atom stereocenters. The van der Waals surface area contributed by atoms with Crippen LogP contribution in [0.4, 0.5) is 0 Å². The first kappa shape index (κ1) is 70.7. The van der Waals surface area contributed by atoms with Gasteiger partial charge in [-0.1, -0.05) is 230 Å². The van der Waals surface area contributed by atoms with Crippen LogP contribution in [0.25, 0.3) is 0 Å². The Morgan fingerprint density at radius 1 is 0.479 bits per heavy atom. The Labute approximate surface area is 451 Å². The number of carbonyl (C=O) groups excluding carboxylic acids is 2. The van der Waals surface area contributed by atoms with E-state index in [-0.39, 0.29) is 31.5 Å². The van der Waals surface area contributed by atoms with Gasteiger partial charge in [0.1, 0.15) is 19.3 Å². The van der Waals surface area contributed by atoms with E-state index in [1.807, 2.05) is 33.3 Å². The fourth-order valence-corrected chi connectivity index (χ4v) is 9.38. The summed E-state index contributed by atoms with van der Waals surface area (Å²) in [6.45, 7) is 6.97. The first-order valence-electron chi connectivity index (χ1n) is 30.6. The Balaban J connectivity index is 5.27. The number of nitrogens with one attached hydrogen (secondary N) is 1. The maximum atomic E-state index is 13.5. The highest BCUT2D eigenvalue weighted by Crippen LogP contribution is 2.43. The van der Waals surface area contributed by atoms with Crippen molar-refractivity contribution in [2.75, 3.05) is 40.9 Å². The second-order valence-corrected chi connectivity index (χ2v) is 23.3. The molecule has 0 saturated heterocycles. The zero-order valence-corrected chi connectivity index (χ0v) is 49.5. The molecule has 9 nitrogen and oxygen atoms in total. The van der Waals surface area contributed by atoms with Gasteiger partial charge in [-0.2, -0.15) is 0 Å². The first-order chi connectivity index (χ1) is 35.4. The van der Waals surface area contributed by atoms with E-state index >= 15 is 0 Å². The molecule has 0 bridgehead atoms. The van der Waals surface area contributed by atoms with Crippen molar-refractivity contribution in [2.24, 2.45) is 0 Å². The van der Waals surface area contributed by atoms with Crippen LogP contribution in [0.15, 0.2) is 60.8 Å². The number of ether oxygens (including phenoxy) is 1. The molecule has 1 amide bonds. The van der Waals surface area contributed by atoms with E-state index in [2.05, 4.69) is 74.7 Å². The second kappa shape index (κ2) is 53.1. The molecule has 0 aliphatic heterocycles. The maximum absolute atomic E-state index is 13.5. The standard InChI is InChI=1S/C63H117N2O7P/c1-7-10-13-16-19-22-25-28-30-31-32-33-34-35-36-38-41-44-47-50-53-56-63(67)72-61(54-51-48-45-42-39-27-24-21-18-15-12-9-3)60(59-71-73(68,69)70-58-57-65(4,5)6)64-62(66)55-52-49-46-43-40-37-29-26-23-20-17-14-11-8-2/h19,22,28,30,32-33,37,40,51,54,60-61H,7-18,20-21,23-27,29,31,34-36,38-39,41-50,52-53,55-59H2,1-6H3,(H-,64,66,68,69)/p+1/b22-19-,30-28-,33-32-,40-37-,54-51-. The summed E-state index contributed by atoms with van der Waals surface area (Å²) in [7, 11) is 1.48. The lowest BCUT2D eigenvalue weighted by molar-refractivity contribution is -0.870. The third kappa shape index (κ3) is 54.3. The molecular formula is C63H118N2O7P+. The minimum Gasteiger partial charge on any atom is -0.456 e. The number of phosphoric acid groups is 1. The number of amides is 1. The summed E-state index contributed by atoms with van der Waals surface area (Å²) in [5, 5.41) is 3.04. The van der Waals surface area contributed by atoms with E-state index in [0.717, 1.165) is 96.3 Å². The van der Waals surface area contributed by atoms with E-state index in [9.17, 15) is 19.0 Å². The van der Waals surface area contributed by atoms with Crippen molar-refractivity contribution in [2.45, 2.75) is 290 Å². The first-order valence-corrected chi connectivity index (χ1v) is 32.1. The van der Waals surface area contributed by atoms with Crippen molar-refractivity contribution in [3.63, 3.8) is 0 Å². The predicted octanol–water partition coefficient (Wildman–Crippen LogP) is 18.7. The third-order valence-corrected chi connectivity index (χ3v) is 14.4. The van der Waals surface area contributed by atoms with Gasteiger partial charge in [-0.15, -0.1) is 0 Å². The van der Waals surface area contributed by atoms with E-state index in [0.29, 0.717) is 17.4 Å². The lowest BCUT2D eigenvalue weighted by atomic mass is 10.0. The number of hydrogen-bond donors (Lipinski definition) is 2. The third-order valence-electron chi connectivity index (χ3n) is 13.4. The van der Waals surface area contributed by atoms with E-state index < -0.39 is 20.0 Å². The average Bonchev–Trinajstić information content (AvgIpc) is 3.35. The van der Waals surface area contributed by atoms with Gasteiger partial charge in [0.05, 0.1) is 33.8 Å². The number of allylic oxidation sites excluding steroid dienone is 9. The average molecular weight is 1050 g/mol. The molecule has 0 saturated carbocycles. The number of likely N-dealkylation sites (N-methyl/N-ethyl adjacent to an activating group) is 1. The monoisotopic (exact) mass is 1050 g/mol. The van der Waals surface area contributed by atoms with Gasteiger partial charge in [0, 0.05) is 12.8 Å². The number of quaternary nitrogens is 1. The molecule has 0 aliphatic carbocycles. The summed E-state index contributed by atoms with van der Waals surface area (Å²) in [6.07, 6.45) is 66.4. The SMILES string of the molecule is CCCCC/C=C\C/C=C\C/C=C\CCCCCCCCCCC(=O)OC(/C=C\CCCCCCCCCCCC)C(COP(=O)(O)OCC[N+](C)(C)C)NC(=O)CCCCC/C=C\CCCCCCCCC. The van der Waals surface area contributed by atoms with Gasteiger partial charge in [0.15, 0.2) is 0 Å². The van der Waals surface area contributed by atoms with Crippen molar-refractivity contribution in [1.82, 2.24) is 5.32 Å². The van der Waals surface area contributed by atoms with Crippen LogP contribution in [0, 0.1) is 0 Å². The summed E-state index contributed by atoms with van der Waals surface area (Å²) in [4.78, 5) is 37.6. The second-order valence-electron chi connectivity index (χ2n) is 21.9. The van der Waals surface area contributed by atoms with Gasteiger partial charge in [-0.25, -0.2) is 4.57 Å². The summed E-state index contributed by atoms with van der Waals surface area (Å²) in [5.74, 6) is -0.528. The van der Waals surface area contributed by atoms with Gasteiger partial charge < -0.3 is 19.4 Å². The molecular weight excluding hydrogens is 928 g/mol. The van der Waals surface area contributed by atoms with Crippen LogP contribution in [0.2, 0.25) is 0 Å². The Kier molecular flexibility index (Phi) is 51.5. The van der Waals surface area contributed by atoms with Gasteiger partial charge >= 0.3 is 13.8 Å². The molecule has 0 spiro atoms. The summed E-state index contributed by atoms with van der Waals surface area (Å²) >= 11 is 0. The van der Waals surface area contributed by atoms with Crippen molar-refractivity contribution in [3.05, 3.63) is 60.8 Å². The van der Waals surface area contributed by atoms with Crippen LogP contribution in [0.1, 0.15) is 278 Å². The molecule has 3 atom stereocenters. The van der Waals surface area contributed by atoms with Gasteiger partial charge in [0.2, 0.25) is 5.91 Å². The number of phosphoric ester groups is 1. The minimum atomic E-state index is -4.45. The Morgan fingerprint density at radius 2 is 0.836 bits per heavy atom.